The van der Waals surface area contributed by atoms with Gasteiger partial charge in [-0.3, -0.25) is 14.5 Å². The van der Waals surface area contributed by atoms with E-state index in [9.17, 15) is 9.59 Å². The van der Waals surface area contributed by atoms with Crippen LogP contribution in [0.3, 0.4) is 0 Å². The number of nitrogens with one attached hydrogen (secondary N) is 1. The van der Waals surface area contributed by atoms with Crippen molar-refractivity contribution in [2.45, 2.75) is 26.3 Å². The summed E-state index contributed by atoms with van der Waals surface area (Å²) in [7, 11) is 1.82. The normalized spacial score (nSPS) is 19.8. The first-order valence-corrected chi connectivity index (χ1v) is 10.3. The zero-order valence-corrected chi connectivity index (χ0v) is 17.7. The quantitative estimate of drug-likeness (QED) is 0.819. The standard InChI is InChI=1S/C21H28N6O3/c1-14(2)8-20(29)27-7-6-26-11-19(28)24-17-9-15(21-22-13-23-25(21)3)4-5-18(17)30-12-16(26)10-27/h4-5,9,13-14,16H,6-8,10-12H2,1-3H3,(H,24,28)/t16-/m1/s1. The third kappa shape index (κ3) is 4.30. The maximum absolute atomic E-state index is 12.7. The molecule has 2 amide bonds. The molecule has 160 valence electrons. The lowest BCUT2D eigenvalue weighted by Crippen LogP contribution is -2.58. The van der Waals surface area contributed by atoms with Gasteiger partial charge in [0.15, 0.2) is 5.82 Å². The molecule has 9 heteroatoms. The van der Waals surface area contributed by atoms with E-state index in [1.54, 1.807) is 4.68 Å². The number of nitrogens with zero attached hydrogens (tertiary/aromatic N) is 5. The van der Waals surface area contributed by atoms with Crippen molar-refractivity contribution < 1.29 is 14.3 Å². The first-order valence-electron chi connectivity index (χ1n) is 10.3. The van der Waals surface area contributed by atoms with E-state index in [1.807, 2.05) is 44.0 Å². The van der Waals surface area contributed by atoms with E-state index in [2.05, 4.69) is 20.3 Å². The van der Waals surface area contributed by atoms with Crippen LogP contribution in [0.5, 0.6) is 5.75 Å². The van der Waals surface area contributed by atoms with Crippen LogP contribution in [-0.4, -0.2) is 75.2 Å². The third-order valence-electron chi connectivity index (χ3n) is 5.54. The van der Waals surface area contributed by atoms with Crippen LogP contribution in [0.25, 0.3) is 11.4 Å². The first kappa shape index (κ1) is 20.3. The Morgan fingerprint density at radius 3 is 2.90 bits per heavy atom. The molecule has 0 saturated carbocycles. The van der Waals surface area contributed by atoms with Crippen molar-refractivity contribution in [2.24, 2.45) is 13.0 Å². The van der Waals surface area contributed by atoms with Crippen LogP contribution in [0, 0.1) is 5.92 Å². The highest BCUT2D eigenvalue weighted by atomic mass is 16.5. The predicted octanol–water partition coefficient (Wildman–Crippen LogP) is 1.37. The Morgan fingerprint density at radius 1 is 1.33 bits per heavy atom. The minimum atomic E-state index is -0.0937. The van der Waals surface area contributed by atoms with Gasteiger partial charge in [-0.2, -0.15) is 5.10 Å². The van der Waals surface area contributed by atoms with E-state index in [0.29, 0.717) is 55.8 Å². The predicted molar refractivity (Wildman–Crippen MR) is 112 cm³/mol. The second-order valence-corrected chi connectivity index (χ2v) is 8.34. The van der Waals surface area contributed by atoms with Gasteiger partial charge in [-0.1, -0.05) is 13.8 Å². The number of aromatic nitrogens is 3. The molecule has 2 aliphatic heterocycles. The van der Waals surface area contributed by atoms with E-state index in [4.69, 9.17) is 4.74 Å². The summed E-state index contributed by atoms with van der Waals surface area (Å²) in [5.74, 6) is 1.73. The van der Waals surface area contributed by atoms with Crippen LogP contribution in [-0.2, 0) is 16.6 Å². The van der Waals surface area contributed by atoms with Gasteiger partial charge in [0.1, 0.15) is 18.7 Å². The van der Waals surface area contributed by atoms with Gasteiger partial charge in [0.05, 0.1) is 18.3 Å². The highest BCUT2D eigenvalue weighted by Crippen LogP contribution is 2.31. The maximum atomic E-state index is 12.7. The molecule has 1 atom stereocenters. The summed E-state index contributed by atoms with van der Waals surface area (Å²) in [6, 6.07) is 5.59. The summed E-state index contributed by atoms with van der Waals surface area (Å²) >= 11 is 0. The lowest BCUT2D eigenvalue weighted by molar-refractivity contribution is -0.135. The molecular weight excluding hydrogens is 384 g/mol. The molecule has 0 bridgehead atoms. The van der Waals surface area contributed by atoms with Crippen LogP contribution < -0.4 is 10.1 Å². The summed E-state index contributed by atoms with van der Waals surface area (Å²) in [6.07, 6.45) is 2.04. The Balaban J connectivity index is 1.54. The molecule has 4 rings (SSSR count). The van der Waals surface area contributed by atoms with Crippen molar-refractivity contribution in [1.29, 1.82) is 0 Å². The number of rotatable bonds is 3. The number of carbonyl (C=O) groups is 2. The minimum Gasteiger partial charge on any atom is -0.490 e. The fourth-order valence-electron chi connectivity index (χ4n) is 3.97. The van der Waals surface area contributed by atoms with Crippen molar-refractivity contribution in [3.63, 3.8) is 0 Å². The zero-order valence-electron chi connectivity index (χ0n) is 17.7. The molecule has 2 aromatic rings. The number of anilines is 1. The van der Waals surface area contributed by atoms with Crippen molar-refractivity contribution >= 4 is 17.5 Å². The fraction of sp³-hybridized carbons (Fsp3) is 0.524. The van der Waals surface area contributed by atoms with E-state index >= 15 is 0 Å². The van der Waals surface area contributed by atoms with Crippen molar-refractivity contribution in [1.82, 2.24) is 24.6 Å². The van der Waals surface area contributed by atoms with Crippen molar-refractivity contribution in [3.05, 3.63) is 24.5 Å². The summed E-state index contributed by atoms with van der Waals surface area (Å²) < 4.78 is 7.78. The molecule has 1 aromatic heterocycles. The third-order valence-corrected chi connectivity index (χ3v) is 5.54. The molecule has 1 fully saturated rings. The summed E-state index contributed by atoms with van der Waals surface area (Å²) in [4.78, 5) is 33.5. The minimum absolute atomic E-state index is 0.0232. The number of ether oxygens (including phenoxy) is 1. The summed E-state index contributed by atoms with van der Waals surface area (Å²) in [6.45, 7) is 6.65. The number of aryl methyl sites for hydroxylation is 1. The first-order chi connectivity index (χ1) is 14.4. The summed E-state index contributed by atoms with van der Waals surface area (Å²) in [5, 5.41) is 7.08. The number of hydrogen-bond donors (Lipinski definition) is 1. The van der Waals surface area contributed by atoms with E-state index < -0.39 is 0 Å². The van der Waals surface area contributed by atoms with Gasteiger partial charge in [0.25, 0.3) is 0 Å². The van der Waals surface area contributed by atoms with Crippen LogP contribution in [0.4, 0.5) is 5.69 Å². The molecule has 0 aliphatic carbocycles. The monoisotopic (exact) mass is 412 g/mol. The molecule has 2 aliphatic rings. The van der Waals surface area contributed by atoms with Crippen LogP contribution in [0.1, 0.15) is 20.3 Å². The number of carbonyl (C=O) groups excluding carboxylic acids is 2. The van der Waals surface area contributed by atoms with E-state index in [-0.39, 0.29) is 24.4 Å². The van der Waals surface area contributed by atoms with Gasteiger partial charge in [0.2, 0.25) is 11.8 Å². The Bertz CT molecular complexity index is 941. The molecule has 0 spiro atoms. The Labute approximate surface area is 176 Å². The second-order valence-electron chi connectivity index (χ2n) is 8.34. The topological polar surface area (TPSA) is 92.6 Å². The molecule has 30 heavy (non-hydrogen) atoms. The number of benzene rings is 1. The zero-order chi connectivity index (χ0) is 21.3. The van der Waals surface area contributed by atoms with Gasteiger partial charge in [-0.05, 0) is 24.1 Å². The number of amides is 2. The van der Waals surface area contributed by atoms with Gasteiger partial charge in [0, 0.05) is 38.7 Å². The van der Waals surface area contributed by atoms with Gasteiger partial charge in [-0.25, -0.2) is 9.67 Å². The lowest BCUT2D eigenvalue weighted by Gasteiger charge is -2.40. The molecule has 0 unspecified atom stereocenters. The van der Waals surface area contributed by atoms with Gasteiger partial charge >= 0.3 is 0 Å². The molecule has 3 heterocycles. The Hall–Kier alpha value is -2.94. The Kier molecular flexibility index (Phi) is 5.72. The average molecular weight is 412 g/mol. The van der Waals surface area contributed by atoms with Gasteiger partial charge in [-0.15, -0.1) is 0 Å². The Morgan fingerprint density at radius 2 is 2.17 bits per heavy atom. The maximum Gasteiger partial charge on any atom is 0.238 e. The van der Waals surface area contributed by atoms with Crippen molar-refractivity contribution in [2.75, 3.05) is 38.1 Å². The summed E-state index contributed by atoms with van der Waals surface area (Å²) in [5.41, 5.74) is 1.47. The lowest BCUT2D eigenvalue weighted by atomic mass is 10.1. The van der Waals surface area contributed by atoms with E-state index in [1.165, 1.54) is 6.33 Å². The largest absolute Gasteiger partial charge is 0.490 e. The van der Waals surface area contributed by atoms with Gasteiger partial charge < -0.3 is 15.0 Å². The molecule has 1 saturated heterocycles. The van der Waals surface area contributed by atoms with Crippen LogP contribution in [0.15, 0.2) is 24.5 Å². The van der Waals surface area contributed by atoms with E-state index in [0.717, 1.165) is 5.56 Å². The fourth-order valence-corrected chi connectivity index (χ4v) is 3.97. The highest BCUT2D eigenvalue weighted by molar-refractivity contribution is 5.94. The smallest absolute Gasteiger partial charge is 0.238 e. The highest BCUT2D eigenvalue weighted by Gasteiger charge is 2.32. The molecule has 1 aromatic carbocycles. The number of fused-ring (bicyclic) bond motifs is 2. The molecule has 9 nitrogen and oxygen atoms in total. The second kappa shape index (κ2) is 8.43. The molecule has 0 radical (unpaired) electrons. The average Bonchev–Trinajstić information content (AvgIpc) is 3.14. The molecule has 1 N–H and O–H groups in total. The van der Waals surface area contributed by atoms with Crippen LogP contribution in [0.2, 0.25) is 0 Å². The number of piperazine rings is 1. The van der Waals surface area contributed by atoms with Crippen molar-refractivity contribution in [3.8, 4) is 17.1 Å². The SMILES string of the molecule is CC(C)CC(=O)N1CCN2CC(=O)Nc3cc(-c4ncnn4C)ccc3OC[C@H]2C1. The van der Waals surface area contributed by atoms with Crippen LogP contribution >= 0.6 is 0 Å². The number of hydrogen-bond acceptors (Lipinski definition) is 6. The molecular formula is C21H28N6O3.